The van der Waals surface area contributed by atoms with Crippen LogP contribution in [0.15, 0.2) is 24.3 Å². The molecule has 2 rings (SSSR count). The quantitative estimate of drug-likeness (QED) is 0.748. The molecular weight excluding hydrogens is 282 g/mol. The molecular formula is C17H21NO4. The Kier molecular flexibility index (Phi) is 5.31. The van der Waals surface area contributed by atoms with E-state index >= 15 is 0 Å². The number of aryl methyl sites for hydroxylation is 1. The Labute approximate surface area is 129 Å². The number of amides is 1. The molecule has 1 saturated carbocycles. The van der Waals surface area contributed by atoms with E-state index in [2.05, 4.69) is 0 Å². The molecule has 1 aliphatic carbocycles. The average molecular weight is 303 g/mol. The molecule has 0 atom stereocenters. The monoisotopic (exact) mass is 303 g/mol. The second-order valence-electron chi connectivity index (χ2n) is 5.62. The molecule has 0 aromatic heterocycles. The number of hydrogen-bond acceptors (Lipinski definition) is 3. The minimum absolute atomic E-state index is 0.0440. The summed E-state index contributed by atoms with van der Waals surface area (Å²) in [5.41, 5.74) is 1.76. The fraction of sp³-hybridized carbons (Fsp3) is 0.471. The van der Waals surface area contributed by atoms with Crippen molar-refractivity contribution in [1.29, 1.82) is 0 Å². The third-order valence-electron chi connectivity index (χ3n) is 3.86. The van der Waals surface area contributed by atoms with E-state index in [0.29, 0.717) is 5.56 Å². The Hall–Kier alpha value is -2.17. The van der Waals surface area contributed by atoms with E-state index in [0.717, 1.165) is 24.8 Å². The van der Waals surface area contributed by atoms with Gasteiger partial charge in [0.15, 0.2) is 5.78 Å². The maximum absolute atomic E-state index is 12.1. The van der Waals surface area contributed by atoms with Crippen LogP contribution >= 0.6 is 0 Å². The van der Waals surface area contributed by atoms with Crippen molar-refractivity contribution in [2.75, 3.05) is 6.54 Å². The van der Waals surface area contributed by atoms with Gasteiger partial charge in [0.1, 0.15) is 6.54 Å². The number of rotatable bonds is 8. The van der Waals surface area contributed by atoms with Crippen LogP contribution in [-0.2, 0) is 16.0 Å². The van der Waals surface area contributed by atoms with Crippen molar-refractivity contribution in [3.8, 4) is 0 Å². The van der Waals surface area contributed by atoms with Gasteiger partial charge in [0.05, 0.1) is 0 Å². The minimum Gasteiger partial charge on any atom is -0.480 e. The van der Waals surface area contributed by atoms with Crippen molar-refractivity contribution < 1.29 is 19.5 Å². The van der Waals surface area contributed by atoms with Crippen molar-refractivity contribution in [3.63, 3.8) is 0 Å². The van der Waals surface area contributed by atoms with Crippen LogP contribution in [0, 0.1) is 0 Å². The molecule has 5 heteroatoms. The molecule has 0 spiro atoms. The summed E-state index contributed by atoms with van der Waals surface area (Å²) in [5.74, 6) is -1.34. The Morgan fingerprint density at radius 2 is 1.77 bits per heavy atom. The van der Waals surface area contributed by atoms with Gasteiger partial charge in [-0.2, -0.15) is 0 Å². The highest BCUT2D eigenvalue weighted by Crippen LogP contribution is 2.27. The van der Waals surface area contributed by atoms with Crippen LogP contribution in [0.4, 0.5) is 0 Å². The number of aliphatic carboxylic acids is 1. The van der Waals surface area contributed by atoms with E-state index in [-0.39, 0.29) is 37.1 Å². The second kappa shape index (κ2) is 7.20. The average Bonchev–Trinajstić information content (AvgIpc) is 3.34. The molecule has 5 nitrogen and oxygen atoms in total. The number of carboxylic acid groups (broad SMARTS) is 1. The number of Topliss-reactive ketones (excluding diaryl/α,β-unsaturated/α-hetero) is 1. The summed E-state index contributed by atoms with van der Waals surface area (Å²) >= 11 is 0. The predicted molar refractivity (Wildman–Crippen MR) is 81.8 cm³/mol. The largest absolute Gasteiger partial charge is 0.480 e. The van der Waals surface area contributed by atoms with Gasteiger partial charge in [0.25, 0.3) is 0 Å². The molecule has 0 saturated heterocycles. The summed E-state index contributed by atoms with van der Waals surface area (Å²) in [7, 11) is 0. The highest BCUT2D eigenvalue weighted by molar-refractivity contribution is 5.98. The number of carbonyl (C=O) groups is 3. The molecule has 0 unspecified atom stereocenters. The van der Waals surface area contributed by atoms with Gasteiger partial charge >= 0.3 is 5.97 Å². The lowest BCUT2D eigenvalue weighted by Crippen LogP contribution is -2.37. The summed E-state index contributed by atoms with van der Waals surface area (Å²) in [5, 5.41) is 8.85. The molecule has 1 aromatic rings. The van der Waals surface area contributed by atoms with Gasteiger partial charge < -0.3 is 10.0 Å². The van der Waals surface area contributed by atoms with Crippen LogP contribution in [0.2, 0.25) is 0 Å². The van der Waals surface area contributed by atoms with Crippen molar-refractivity contribution in [3.05, 3.63) is 35.4 Å². The zero-order chi connectivity index (χ0) is 16.1. The lowest BCUT2D eigenvalue weighted by Gasteiger charge is -2.19. The highest BCUT2D eigenvalue weighted by Gasteiger charge is 2.33. The van der Waals surface area contributed by atoms with Crippen LogP contribution in [0.1, 0.15) is 48.5 Å². The van der Waals surface area contributed by atoms with Gasteiger partial charge in [-0.15, -0.1) is 0 Å². The van der Waals surface area contributed by atoms with E-state index < -0.39 is 5.97 Å². The number of benzene rings is 1. The molecule has 1 N–H and O–H groups in total. The number of carboxylic acids is 1. The Balaban J connectivity index is 1.88. The number of carbonyl (C=O) groups excluding carboxylic acids is 2. The lowest BCUT2D eigenvalue weighted by molar-refractivity contribution is -0.144. The number of nitrogens with zero attached hydrogens (tertiary/aromatic N) is 1. The van der Waals surface area contributed by atoms with Crippen molar-refractivity contribution >= 4 is 17.7 Å². The zero-order valence-corrected chi connectivity index (χ0v) is 12.7. The predicted octanol–water partition coefficient (Wildman–Crippen LogP) is 2.29. The maximum atomic E-state index is 12.1. The summed E-state index contributed by atoms with van der Waals surface area (Å²) in [6.45, 7) is 1.77. The van der Waals surface area contributed by atoms with Crippen molar-refractivity contribution in [2.45, 2.75) is 45.1 Å². The van der Waals surface area contributed by atoms with E-state index in [1.807, 2.05) is 19.1 Å². The molecule has 0 bridgehead atoms. The first-order valence-corrected chi connectivity index (χ1v) is 7.64. The smallest absolute Gasteiger partial charge is 0.323 e. The van der Waals surface area contributed by atoms with Crippen LogP contribution in [-0.4, -0.2) is 40.3 Å². The molecule has 0 aliphatic heterocycles. The fourth-order valence-corrected chi connectivity index (χ4v) is 2.39. The third-order valence-corrected chi connectivity index (χ3v) is 3.86. The molecule has 1 aliphatic rings. The van der Waals surface area contributed by atoms with Gasteiger partial charge in [-0.3, -0.25) is 14.4 Å². The number of hydrogen-bond donors (Lipinski definition) is 1. The van der Waals surface area contributed by atoms with E-state index in [9.17, 15) is 14.4 Å². The van der Waals surface area contributed by atoms with Gasteiger partial charge in [0, 0.05) is 24.4 Å². The SMILES string of the molecule is CCc1ccc(C(=O)CCC(=O)N(CC(=O)O)C2CC2)cc1. The van der Waals surface area contributed by atoms with Crippen molar-refractivity contribution in [1.82, 2.24) is 4.90 Å². The summed E-state index contributed by atoms with van der Waals surface area (Å²) in [4.78, 5) is 36.4. The first-order valence-electron chi connectivity index (χ1n) is 7.64. The van der Waals surface area contributed by atoms with E-state index in [4.69, 9.17) is 5.11 Å². The van der Waals surface area contributed by atoms with Gasteiger partial charge in [-0.1, -0.05) is 31.2 Å². The van der Waals surface area contributed by atoms with Gasteiger partial charge in [-0.25, -0.2) is 0 Å². The van der Waals surface area contributed by atoms with E-state index in [1.165, 1.54) is 4.90 Å². The Bertz CT molecular complexity index is 561. The second-order valence-corrected chi connectivity index (χ2v) is 5.62. The highest BCUT2D eigenvalue weighted by atomic mass is 16.4. The molecule has 22 heavy (non-hydrogen) atoms. The summed E-state index contributed by atoms with van der Waals surface area (Å²) in [6.07, 6.45) is 2.81. The first kappa shape index (κ1) is 16.2. The molecule has 0 radical (unpaired) electrons. The van der Waals surface area contributed by atoms with Gasteiger partial charge in [0.2, 0.25) is 5.91 Å². The van der Waals surface area contributed by atoms with Gasteiger partial charge in [-0.05, 0) is 24.8 Å². The molecule has 1 amide bonds. The van der Waals surface area contributed by atoms with E-state index in [1.54, 1.807) is 12.1 Å². The van der Waals surface area contributed by atoms with Crippen molar-refractivity contribution in [2.24, 2.45) is 0 Å². The third kappa shape index (κ3) is 4.41. The fourth-order valence-electron chi connectivity index (χ4n) is 2.39. The zero-order valence-electron chi connectivity index (χ0n) is 12.7. The standard InChI is InChI=1S/C17H21NO4/c1-2-12-3-5-13(6-4-12)15(19)9-10-16(20)18(11-17(21)22)14-7-8-14/h3-6,14H,2,7-11H2,1H3,(H,21,22). The maximum Gasteiger partial charge on any atom is 0.323 e. The lowest BCUT2D eigenvalue weighted by atomic mass is 10.0. The normalized spacial score (nSPS) is 13.7. The molecule has 0 heterocycles. The topological polar surface area (TPSA) is 74.7 Å². The van der Waals surface area contributed by atoms with Crippen LogP contribution < -0.4 is 0 Å². The van der Waals surface area contributed by atoms with Crippen LogP contribution in [0.25, 0.3) is 0 Å². The molecule has 118 valence electrons. The van der Waals surface area contributed by atoms with Crippen LogP contribution in [0.3, 0.4) is 0 Å². The minimum atomic E-state index is -1.01. The Morgan fingerprint density at radius 3 is 2.27 bits per heavy atom. The Morgan fingerprint density at radius 1 is 1.14 bits per heavy atom. The summed E-state index contributed by atoms with van der Waals surface area (Å²) in [6, 6.07) is 7.43. The first-order chi connectivity index (χ1) is 10.5. The molecule has 1 aromatic carbocycles. The summed E-state index contributed by atoms with van der Waals surface area (Å²) < 4.78 is 0. The van der Waals surface area contributed by atoms with Crippen LogP contribution in [0.5, 0.6) is 0 Å². The molecule has 1 fully saturated rings. The number of ketones is 1.